The Bertz CT molecular complexity index is 366. The van der Waals surface area contributed by atoms with Crippen molar-refractivity contribution in [3.05, 3.63) is 24.5 Å². The molecule has 0 atom stereocenters. The zero-order chi connectivity index (χ0) is 12.6. The Balaban J connectivity index is 1.62. The second-order valence-electron chi connectivity index (χ2n) is 4.08. The Morgan fingerprint density at radius 2 is 2.28 bits per heavy atom. The number of urea groups is 1. The summed E-state index contributed by atoms with van der Waals surface area (Å²) < 4.78 is 5.26. The van der Waals surface area contributed by atoms with E-state index in [-0.39, 0.29) is 6.03 Å². The first-order valence-corrected chi connectivity index (χ1v) is 6.09. The summed E-state index contributed by atoms with van der Waals surface area (Å²) >= 11 is 0. The molecule has 2 rings (SSSR count). The van der Waals surface area contributed by atoms with Crippen molar-refractivity contribution in [3.63, 3.8) is 0 Å². The molecule has 0 radical (unpaired) electrons. The molecule has 18 heavy (non-hydrogen) atoms. The summed E-state index contributed by atoms with van der Waals surface area (Å²) in [5.41, 5.74) is 0.696. The minimum Gasteiger partial charge on any atom is -0.379 e. The summed E-state index contributed by atoms with van der Waals surface area (Å²) in [6.45, 7) is 4.91. The third-order valence-electron chi connectivity index (χ3n) is 2.74. The van der Waals surface area contributed by atoms with E-state index in [1.165, 1.54) is 0 Å². The highest BCUT2D eigenvalue weighted by Crippen LogP contribution is 2.01. The molecular weight excluding hydrogens is 232 g/mol. The fraction of sp³-hybridized carbons (Fsp3) is 0.500. The second kappa shape index (κ2) is 6.93. The molecule has 0 saturated carbocycles. The Labute approximate surface area is 106 Å². The van der Waals surface area contributed by atoms with Crippen LogP contribution in [0.2, 0.25) is 0 Å². The lowest BCUT2D eigenvalue weighted by molar-refractivity contribution is 0.0388. The summed E-state index contributed by atoms with van der Waals surface area (Å²) in [4.78, 5) is 17.8. The van der Waals surface area contributed by atoms with E-state index in [0.717, 1.165) is 32.8 Å². The first-order chi connectivity index (χ1) is 8.84. The van der Waals surface area contributed by atoms with Crippen LogP contribution in [0.4, 0.5) is 10.5 Å². The zero-order valence-corrected chi connectivity index (χ0v) is 10.3. The lowest BCUT2D eigenvalue weighted by Gasteiger charge is -2.26. The number of rotatable bonds is 4. The van der Waals surface area contributed by atoms with Gasteiger partial charge in [-0.15, -0.1) is 0 Å². The van der Waals surface area contributed by atoms with E-state index in [1.54, 1.807) is 24.5 Å². The van der Waals surface area contributed by atoms with Gasteiger partial charge < -0.3 is 15.4 Å². The average Bonchev–Trinajstić information content (AvgIpc) is 2.41. The summed E-state index contributed by atoms with van der Waals surface area (Å²) in [5.74, 6) is 0. The fourth-order valence-electron chi connectivity index (χ4n) is 1.76. The van der Waals surface area contributed by atoms with Crippen molar-refractivity contribution in [1.29, 1.82) is 0 Å². The third kappa shape index (κ3) is 4.31. The molecule has 1 aromatic heterocycles. The quantitative estimate of drug-likeness (QED) is 0.818. The number of hydrogen-bond acceptors (Lipinski definition) is 4. The number of amides is 2. The molecular formula is C12H18N4O2. The maximum Gasteiger partial charge on any atom is 0.319 e. The van der Waals surface area contributed by atoms with Crippen molar-refractivity contribution in [3.8, 4) is 0 Å². The number of hydrogen-bond donors (Lipinski definition) is 2. The van der Waals surface area contributed by atoms with Gasteiger partial charge in [0.2, 0.25) is 0 Å². The molecule has 1 aliphatic heterocycles. The highest BCUT2D eigenvalue weighted by Gasteiger charge is 2.09. The van der Waals surface area contributed by atoms with Gasteiger partial charge in [0.1, 0.15) is 0 Å². The molecule has 0 aliphatic carbocycles. The molecule has 1 aliphatic rings. The van der Waals surface area contributed by atoms with Gasteiger partial charge in [0.25, 0.3) is 0 Å². The summed E-state index contributed by atoms with van der Waals surface area (Å²) in [5, 5.41) is 5.54. The van der Waals surface area contributed by atoms with Crippen molar-refractivity contribution in [2.24, 2.45) is 0 Å². The predicted molar refractivity (Wildman–Crippen MR) is 68.5 cm³/mol. The standard InChI is InChI=1S/C12H18N4O2/c17-12(15-11-2-1-3-13-10-11)14-4-5-16-6-8-18-9-7-16/h1-3,10H,4-9H2,(H2,14,15,17). The van der Waals surface area contributed by atoms with E-state index in [1.807, 2.05) is 0 Å². The van der Waals surface area contributed by atoms with Crippen molar-refractivity contribution in [2.45, 2.75) is 0 Å². The lowest BCUT2D eigenvalue weighted by Crippen LogP contribution is -2.42. The van der Waals surface area contributed by atoms with Crippen LogP contribution in [0.25, 0.3) is 0 Å². The molecule has 6 heteroatoms. The molecule has 2 N–H and O–H groups in total. The highest BCUT2D eigenvalue weighted by atomic mass is 16.5. The van der Waals surface area contributed by atoms with E-state index in [9.17, 15) is 4.79 Å². The van der Waals surface area contributed by atoms with Gasteiger partial charge in [-0.2, -0.15) is 0 Å². The smallest absolute Gasteiger partial charge is 0.319 e. The normalized spacial score (nSPS) is 16.2. The van der Waals surface area contributed by atoms with Crippen LogP contribution in [0.1, 0.15) is 0 Å². The summed E-state index contributed by atoms with van der Waals surface area (Å²) in [6, 6.07) is 3.38. The average molecular weight is 250 g/mol. The molecule has 0 aromatic carbocycles. The monoisotopic (exact) mass is 250 g/mol. The molecule has 2 amide bonds. The lowest BCUT2D eigenvalue weighted by atomic mass is 10.4. The number of morpholine rings is 1. The largest absolute Gasteiger partial charge is 0.379 e. The number of ether oxygens (including phenoxy) is 1. The van der Waals surface area contributed by atoms with Gasteiger partial charge in [0.05, 0.1) is 25.1 Å². The Morgan fingerprint density at radius 3 is 3.00 bits per heavy atom. The predicted octanol–water partition coefficient (Wildman–Crippen LogP) is 0.535. The summed E-state index contributed by atoms with van der Waals surface area (Å²) in [6.07, 6.45) is 3.28. The van der Waals surface area contributed by atoms with Gasteiger partial charge in [-0.05, 0) is 12.1 Å². The van der Waals surface area contributed by atoms with Crippen LogP contribution in [-0.4, -0.2) is 55.3 Å². The molecule has 0 unspecified atom stereocenters. The minimum absolute atomic E-state index is 0.198. The first kappa shape index (κ1) is 12.8. The van der Waals surface area contributed by atoms with Gasteiger partial charge in [0, 0.05) is 32.4 Å². The Kier molecular flexibility index (Phi) is 4.92. The topological polar surface area (TPSA) is 66.5 Å². The number of carbonyl (C=O) groups excluding carboxylic acids is 1. The molecule has 2 heterocycles. The van der Waals surface area contributed by atoms with Crippen LogP contribution in [-0.2, 0) is 4.74 Å². The molecule has 1 saturated heterocycles. The zero-order valence-electron chi connectivity index (χ0n) is 10.3. The van der Waals surface area contributed by atoms with Crippen LogP contribution in [0.15, 0.2) is 24.5 Å². The van der Waals surface area contributed by atoms with E-state index in [4.69, 9.17) is 4.74 Å². The number of nitrogens with one attached hydrogen (secondary N) is 2. The van der Waals surface area contributed by atoms with Crippen LogP contribution in [0.5, 0.6) is 0 Å². The molecule has 6 nitrogen and oxygen atoms in total. The number of carbonyl (C=O) groups is 1. The fourth-order valence-corrected chi connectivity index (χ4v) is 1.76. The number of aromatic nitrogens is 1. The van der Waals surface area contributed by atoms with Crippen LogP contribution in [0, 0.1) is 0 Å². The van der Waals surface area contributed by atoms with Crippen molar-refractivity contribution in [1.82, 2.24) is 15.2 Å². The number of anilines is 1. The highest BCUT2D eigenvalue weighted by molar-refractivity contribution is 5.88. The van der Waals surface area contributed by atoms with E-state index < -0.39 is 0 Å². The molecule has 1 aromatic rings. The van der Waals surface area contributed by atoms with Crippen molar-refractivity contribution in [2.75, 3.05) is 44.7 Å². The first-order valence-electron chi connectivity index (χ1n) is 6.09. The molecule has 0 spiro atoms. The van der Waals surface area contributed by atoms with Gasteiger partial charge >= 0.3 is 6.03 Å². The maximum absolute atomic E-state index is 11.6. The molecule has 98 valence electrons. The van der Waals surface area contributed by atoms with Crippen molar-refractivity contribution < 1.29 is 9.53 Å². The maximum atomic E-state index is 11.6. The van der Waals surface area contributed by atoms with E-state index >= 15 is 0 Å². The van der Waals surface area contributed by atoms with E-state index in [0.29, 0.717) is 12.2 Å². The minimum atomic E-state index is -0.198. The summed E-state index contributed by atoms with van der Waals surface area (Å²) in [7, 11) is 0. The SMILES string of the molecule is O=C(NCCN1CCOCC1)Nc1cccnc1. The van der Waals surface area contributed by atoms with Gasteiger partial charge in [-0.25, -0.2) is 4.79 Å². The number of nitrogens with zero attached hydrogens (tertiary/aromatic N) is 2. The molecule has 0 bridgehead atoms. The number of pyridine rings is 1. The molecule has 1 fully saturated rings. The second-order valence-corrected chi connectivity index (χ2v) is 4.08. The van der Waals surface area contributed by atoms with Crippen LogP contribution in [0.3, 0.4) is 0 Å². The van der Waals surface area contributed by atoms with Crippen LogP contribution >= 0.6 is 0 Å². The van der Waals surface area contributed by atoms with E-state index in [2.05, 4.69) is 20.5 Å². The van der Waals surface area contributed by atoms with Gasteiger partial charge in [0.15, 0.2) is 0 Å². The Hall–Kier alpha value is -1.66. The van der Waals surface area contributed by atoms with Gasteiger partial charge in [-0.3, -0.25) is 9.88 Å². The van der Waals surface area contributed by atoms with Crippen molar-refractivity contribution >= 4 is 11.7 Å². The van der Waals surface area contributed by atoms with Gasteiger partial charge in [-0.1, -0.05) is 0 Å². The Morgan fingerprint density at radius 1 is 1.44 bits per heavy atom. The third-order valence-corrected chi connectivity index (χ3v) is 2.74. The van der Waals surface area contributed by atoms with Crippen LogP contribution < -0.4 is 10.6 Å².